The van der Waals surface area contributed by atoms with E-state index in [2.05, 4.69) is 27.5 Å². The van der Waals surface area contributed by atoms with E-state index in [0.717, 1.165) is 38.4 Å². The fraction of sp³-hybridized carbons (Fsp3) is 0.333. The third-order valence-electron chi connectivity index (χ3n) is 5.41. The van der Waals surface area contributed by atoms with Crippen molar-refractivity contribution in [2.24, 2.45) is 0 Å². The highest BCUT2D eigenvalue weighted by Gasteiger charge is 2.24. The Balaban J connectivity index is 1.63. The van der Waals surface area contributed by atoms with Crippen molar-refractivity contribution in [3.63, 3.8) is 0 Å². The van der Waals surface area contributed by atoms with E-state index in [0.29, 0.717) is 29.9 Å². The molecule has 0 spiro atoms. The summed E-state index contributed by atoms with van der Waals surface area (Å²) in [6.45, 7) is 6.62. The molecule has 1 fully saturated rings. The van der Waals surface area contributed by atoms with Crippen LogP contribution in [0.1, 0.15) is 34.3 Å². The van der Waals surface area contributed by atoms with Crippen molar-refractivity contribution in [3.8, 4) is 16.9 Å². The molecule has 7 nitrogen and oxygen atoms in total. The van der Waals surface area contributed by atoms with E-state index >= 15 is 0 Å². The van der Waals surface area contributed by atoms with Crippen LogP contribution in [0.3, 0.4) is 0 Å². The van der Waals surface area contributed by atoms with Gasteiger partial charge in [-0.2, -0.15) is 0 Å². The van der Waals surface area contributed by atoms with Crippen molar-refractivity contribution in [3.05, 3.63) is 71.1 Å². The van der Waals surface area contributed by atoms with Crippen LogP contribution in [0.15, 0.2) is 53.1 Å². The largest absolute Gasteiger partial charge is 0.508 e. The second-order valence-electron chi connectivity index (χ2n) is 7.58. The molecule has 4 rings (SSSR count). The maximum absolute atomic E-state index is 12.6. The first kappa shape index (κ1) is 21.1. The lowest BCUT2D eigenvalue weighted by atomic mass is 9.97. The quantitative estimate of drug-likeness (QED) is 0.609. The van der Waals surface area contributed by atoms with Crippen LogP contribution >= 0.6 is 0 Å². The van der Waals surface area contributed by atoms with Gasteiger partial charge in [-0.1, -0.05) is 47.6 Å². The van der Waals surface area contributed by atoms with E-state index in [-0.39, 0.29) is 17.4 Å². The Morgan fingerprint density at radius 1 is 1.13 bits per heavy atom. The second kappa shape index (κ2) is 9.76. The number of aromatic nitrogens is 1. The third kappa shape index (κ3) is 4.95. The van der Waals surface area contributed by atoms with Crippen molar-refractivity contribution in [1.29, 1.82) is 0 Å². The summed E-state index contributed by atoms with van der Waals surface area (Å²) in [5.74, 6) is 0.455. The van der Waals surface area contributed by atoms with Gasteiger partial charge in [-0.15, -0.1) is 0 Å². The van der Waals surface area contributed by atoms with Crippen LogP contribution in [0.4, 0.5) is 0 Å². The van der Waals surface area contributed by atoms with Gasteiger partial charge in [-0.05, 0) is 24.1 Å². The second-order valence-corrected chi connectivity index (χ2v) is 7.58. The zero-order valence-electron chi connectivity index (χ0n) is 17.6. The van der Waals surface area contributed by atoms with E-state index in [9.17, 15) is 9.90 Å². The van der Waals surface area contributed by atoms with E-state index in [4.69, 9.17) is 9.26 Å². The predicted molar refractivity (Wildman–Crippen MR) is 117 cm³/mol. The summed E-state index contributed by atoms with van der Waals surface area (Å²) >= 11 is 0. The molecule has 162 valence electrons. The number of aromatic hydroxyl groups is 1. The van der Waals surface area contributed by atoms with Crippen molar-refractivity contribution in [2.75, 3.05) is 32.8 Å². The molecule has 1 aliphatic rings. The molecule has 1 saturated heterocycles. The SMILES string of the molecule is CCNC(=O)c1noc(Cc2ccccc2O)c1-c1ccc(CN2CCOCC2)cc1. The number of phenolic OH excluding ortho intramolecular Hbond substituents is 1. The molecule has 0 saturated carbocycles. The molecule has 3 aromatic rings. The zero-order valence-corrected chi connectivity index (χ0v) is 17.6. The molecular weight excluding hydrogens is 394 g/mol. The van der Waals surface area contributed by atoms with Crippen LogP contribution in [0, 0.1) is 0 Å². The van der Waals surface area contributed by atoms with Crippen molar-refractivity contribution in [1.82, 2.24) is 15.4 Å². The summed E-state index contributed by atoms with van der Waals surface area (Å²) in [6, 6.07) is 15.2. The van der Waals surface area contributed by atoms with Crippen LogP contribution < -0.4 is 5.32 Å². The lowest BCUT2D eigenvalue weighted by Gasteiger charge is -2.26. The van der Waals surface area contributed by atoms with Crippen LogP contribution in [0.5, 0.6) is 5.75 Å². The highest BCUT2D eigenvalue weighted by Crippen LogP contribution is 2.31. The summed E-state index contributed by atoms with van der Waals surface area (Å²) in [4.78, 5) is 15.0. The number of hydrogen-bond donors (Lipinski definition) is 2. The summed E-state index contributed by atoms with van der Waals surface area (Å²) in [6.07, 6.45) is 0.337. The first-order valence-corrected chi connectivity index (χ1v) is 10.6. The molecule has 0 radical (unpaired) electrons. The minimum Gasteiger partial charge on any atom is -0.508 e. The average molecular weight is 421 g/mol. The molecule has 1 aliphatic heterocycles. The standard InChI is InChI=1S/C24H27N3O4/c1-2-25-24(29)23-22(21(31-26-23)15-19-5-3-4-6-20(19)28)18-9-7-17(8-10-18)16-27-11-13-30-14-12-27/h3-10,28H,2,11-16H2,1H3,(H,25,29). The minimum atomic E-state index is -0.276. The maximum atomic E-state index is 12.6. The van der Waals surface area contributed by atoms with Crippen LogP contribution in [0.2, 0.25) is 0 Å². The van der Waals surface area contributed by atoms with Gasteiger partial charge in [-0.25, -0.2) is 0 Å². The molecule has 2 N–H and O–H groups in total. The van der Waals surface area contributed by atoms with Crippen molar-refractivity contribution < 1.29 is 19.2 Å². The number of nitrogens with zero attached hydrogens (tertiary/aromatic N) is 2. The van der Waals surface area contributed by atoms with Crippen LogP contribution in [0.25, 0.3) is 11.1 Å². The highest BCUT2D eigenvalue weighted by molar-refractivity contribution is 5.99. The van der Waals surface area contributed by atoms with Gasteiger partial charge in [0.05, 0.1) is 18.8 Å². The number of ether oxygens (including phenoxy) is 1. The molecule has 0 bridgehead atoms. The van der Waals surface area contributed by atoms with Gasteiger partial charge in [-0.3, -0.25) is 9.69 Å². The van der Waals surface area contributed by atoms with Gasteiger partial charge in [0.15, 0.2) is 5.69 Å². The zero-order chi connectivity index (χ0) is 21.6. The van der Waals surface area contributed by atoms with E-state index < -0.39 is 0 Å². The third-order valence-corrected chi connectivity index (χ3v) is 5.41. The smallest absolute Gasteiger partial charge is 0.274 e. The van der Waals surface area contributed by atoms with Crippen LogP contribution in [-0.2, 0) is 17.7 Å². The summed E-state index contributed by atoms with van der Waals surface area (Å²) < 4.78 is 11.0. The Bertz CT molecular complexity index is 1020. The number of amides is 1. The van der Waals surface area contributed by atoms with E-state index in [1.165, 1.54) is 5.56 Å². The number of hydrogen-bond acceptors (Lipinski definition) is 6. The molecule has 2 heterocycles. The molecule has 0 aliphatic carbocycles. The number of morpholine rings is 1. The number of rotatable bonds is 7. The van der Waals surface area contributed by atoms with Crippen molar-refractivity contribution >= 4 is 5.91 Å². The highest BCUT2D eigenvalue weighted by atomic mass is 16.5. The van der Waals surface area contributed by atoms with Crippen molar-refractivity contribution in [2.45, 2.75) is 19.9 Å². The fourth-order valence-electron chi connectivity index (χ4n) is 3.77. The Labute approximate surface area is 181 Å². The Morgan fingerprint density at radius 3 is 2.58 bits per heavy atom. The van der Waals surface area contributed by atoms with Gasteiger partial charge in [0.1, 0.15) is 11.5 Å². The normalized spacial score (nSPS) is 14.5. The first-order valence-electron chi connectivity index (χ1n) is 10.6. The lowest BCUT2D eigenvalue weighted by molar-refractivity contribution is 0.0342. The minimum absolute atomic E-state index is 0.185. The molecule has 2 aromatic carbocycles. The molecule has 1 aromatic heterocycles. The molecule has 7 heteroatoms. The van der Waals surface area contributed by atoms with E-state index in [1.807, 2.05) is 31.2 Å². The van der Waals surface area contributed by atoms with Crippen LogP contribution in [-0.4, -0.2) is 53.9 Å². The Kier molecular flexibility index (Phi) is 6.64. The summed E-state index contributed by atoms with van der Waals surface area (Å²) in [5.41, 5.74) is 3.69. The molecule has 0 atom stereocenters. The molecule has 1 amide bonds. The van der Waals surface area contributed by atoms with E-state index in [1.54, 1.807) is 12.1 Å². The topological polar surface area (TPSA) is 87.8 Å². The summed E-state index contributed by atoms with van der Waals surface area (Å²) in [7, 11) is 0. The molecular formula is C24H27N3O4. The maximum Gasteiger partial charge on any atom is 0.274 e. The van der Waals surface area contributed by atoms with Gasteiger partial charge >= 0.3 is 0 Å². The number of carbonyl (C=O) groups excluding carboxylic acids is 1. The van der Waals surface area contributed by atoms with Gasteiger partial charge in [0.25, 0.3) is 5.91 Å². The van der Waals surface area contributed by atoms with Gasteiger partial charge in [0.2, 0.25) is 0 Å². The average Bonchev–Trinajstić information content (AvgIpc) is 3.20. The molecule has 31 heavy (non-hydrogen) atoms. The predicted octanol–water partition coefficient (Wildman–Crippen LogP) is 3.22. The first-order chi connectivity index (χ1) is 15.2. The number of nitrogens with one attached hydrogen (secondary N) is 1. The van der Waals surface area contributed by atoms with Gasteiger partial charge < -0.3 is 19.7 Å². The van der Waals surface area contributed by atoms with Gasteiger partial charge in [0, 0.05) is 38.2 Å². The number of phenols is 1. The monoisotopic (exact) mass is 421 g/mol. The Hall–Kier alpha value is -3.16. The Morgan fingerprint density at radius 2 is 1.87 bits per heavy atom. The summed E-state index contributed by atoms with van der Waals surface area (Å²) in [5, 5.41) is 17.0. The fourth-order valence-corrected chi connectivity index (χ4v) is 3.77. The number of benzene rings is 2. The number of carbonyl (C=O) groups is 1. The molecule has 0 unspecified atom stereocenters. The number of para-hydroxylation sites is 1. The lowest BCUT2D eigenvalue weighted by Crippen LogP contribution is -2.35.